The molecule has 5 atom stereocenters. The lowest BCUT2D eigenvalue weighted by molar-refractivity contribution is -0.268. The summed E-state index contributed by atoms with van der Waals surface area (Å²) in [4.78, 5) is 1.30. The summed E-state index contributed by atoms with van der Waals surface area (Å²) in [5.41, 5.74) is 2.08. The third-order valence-corrected chi connectivity index (χ3v) is 9.68. The molecule has 0 amide bonds. The van der Waals surface area contributed by atoms with Gasteiger partial charge in [-0.1, -0.05) is 77.6 Å². The molecule has 1 N–H and O–H groups in total. The zero-order chi connectivity index (χ0) is 33.3. The fourth-order valence-corrected chi connectivity index (χ4v) is 7.05. The maximum atomic E-state index is 9.69. The molecular weight excluding hydrogens is 612 g/mol. The van der Waals surface area contributed by atoms with Crippen LogP contribution in [0.15, 0.2) is 48.5 Å². The molecule has 0 saturated carbocycles. The molecule has 8 heteroatoms. The first-order chi connectivity index (χ1) is 23.1. The molecule has 1 saturated heterocycles. The van der Waals surface area contributed by atoms with Crippen LogP contribution in [0.5, 0.6) is 5.75 Å². The van der Waals surface area contributed by atoms with Crippen LogP contribution in [-0.2, 0) is 30.1 Å². The molecule has 1 aliphatic rings. The van der Waals surface area contributed by atoms with Crippen molar-refractivity contribution in [3.05, 3.63) is 64.5 Å². The second kappa shape index (κ2) is 21.1. The smallest absolute Gasteiger partial charge is 0.125 e. The molecule has 0 unspecified atom stereocenters. The van der Waals surface area contributed by atoms with Gasteiger partial charge in [-0.3, -0.25) is 0 Å². The average Bonchev–Trinajstić information content (AvgIpc) is 3.50. The van der Waals surface area contributed by atoms with Crippen molar-refractivity contribution in [1.82, 2.24) is 0 Å². The highest BCUT2D eigenvalue weighted by atomic mass is 32.1. The van der Waals surface area contributed by atoms with Crippen LogP contribution < -0.4 is 4.74 Å². The van der Waals surface area contributed by atoms with Gasteiger partial charge in [-0.2, -0.15) is 0 Å². The summed E-state index contributed by atoms with van der Waals surface area (Å²) >= 11 is 1.83. The fraction of sp³-hybridized carbons (Fsp3) is 0.641. The number of fused-ring (bicyclic) bond motifs is 1. The van der Waals surface area contributed by atoms with E-state index in [1.54, 1.807) is 0 Å². The van der Waals surface area contributed by atoms with E-state index in [1.165, 1.54) is 20.5 Å². The van der Waals surface area contributed by atoms with Crippen molar-refractivity contribution in [2.24, 2.45) is 0 Å². The maximum Gasteiger partial charge on any atom is 0.125 e. The van der Waals surface area contributed by atoms with E-state index in [0.717, 1.165) is 63.4 Å². The summed E-state index contributed by atoms with van der Waals surface area (Å²) in [6.07, 6.45) is 6.94. The van der Waals surface area contributed by atoms with Gasteiger partial charge in [0.15, 0.2) is 0 Å². The molecule has 47 heavy (non-hydrogen) atoms. The molecule has 7 nitrogen and oxygen atoms in total. The molecule has 1 aliphatic heterocycles. The zero-order valence-electron chi connectivity index (χ0n) is 29.1. The van der Waals surface area contributed by atoms with Gasteiger partial charge >= 0.3 is 0 Å². The van der Waals surface area contributed by atoms with Gasteiger partial charge in [0.2, 0.25) is 0 Å². The average molecular weight is 671 g/mol. The van der Waals surface area contributed by atoms with Crippen molar-refractivity contribution < 1.29 is 33.5 Å². The minimum atomic E-state index is -0.472. The number of thiophene rings is 1. The standard InChI is InChI=1S/C39H58O7S/c1-5-9-20-41-28-34-37(43-21-10-6-2)39(45-23-12-8-4)38(44-22-11-7-3)36(46-34)32-26-29(17-18-33(32)42-24-19-40)25-31-27-30-15-13-14-16-35(30)47-31/h13-18,26-27,34,36-40H,5-12,19-25,28H2,1-4H3/t34-,36+,37-,38+,39+/m1/s1. The van der Waals surface area contributed by atoms with Crippen LogP contribution in [-0.4, -0.2) is 75.8 Å². The van der Waals surface area contributed by atoms with Crippen LogP contribution in [0, 0.1) is 0 Å². The van der Waals surface area contributed by atoms with Crippen LogP contribution in [0.4, 0.5) is 0 Å². The second-order valence-corrected chi connectivity index (χ2v) is 13.6. The maximum absolute atomic E-state index is 9.69. The molecule has 0 spiro atoms. The molecule has 0 bridgehead atoms. The molecule has 1 aromatic heterocycles. The molecular formula is C39H58O7S. The van der Waals surface area contributed by atoms with E-state index in [0.29, 0.717) is 38.8 Å². The zero-order valence-corrected chi connectivity index (χ0v) is 29.9. The molecule has 3 aromatic rings. The van der Waals surface area contributed by atoms with E-state index >= 15 is 0 Å². The highest BCUT2D eigenvalue weighted by molar-refractivity contribution is 7.19. The highest BCUT2D eigenvalue weighted by Crippen LogP contribution is 2.42. The largest absolute Gasteiger partial charge is 0.491 e. The van der Waals surface area contributed by atoms with Crippen molar-refractivity contribution >= 4 is 21.4 Å². The summed E-state index contributed by atoms with van der Waals surface area (Å²) in [5.74, 6) is 0.691. The second-order valence-electron chi connectivity index (χ2n) is 12.5. The predicted molar refractivity (Wildman–Crippen MR) is 191 cm³/mol. The Labute approximate surface area is 286 Å². The number of hydrogen-bond acceptors (Lipinski definition) is 8. The first-order valence-electron chi connectivity index (χ1n) is 18.0. The Morgan fingerprint density at radius 2 is 1.38 bits per heavy atom. The Kier molecular flexibility index (Phi) is 17.0. The topological polar surface area (TPSA) is 75.6 Å². The summed E-state index contributed by atoms with van der Waals surface area (Å²) in [6, 6.07) is 17.1. The fourth-order valence-electron chi connectivity index (χ4n) is 5.95. The molecule has 2 aromatic carbocycles. The quantitative estimate of drug-likeness (QED) is 0.101. The molecule has 262 valence electrons. The van der Waals surface area contributed by atoms with Crippen LogP contribution in [0.2, 0.25) is 0 Å². The van der Waals surface area contributed by atoms with Crippen molar-refractivity contribution in [2.75, 3.05) is 46.2 Å². The molecule has 0 radical (unpaired) electrons. The van der Waals surface area contributed by atoms with E-state index in [1.807, 2.05) is 17.4 Å². The first kappa shape index (κ1) is 37.8. The lowest BCUT2D eigenvalue weighted by Crippen LogP contribution is -2.58. The van der Waals surface area contributed by atoms with Crippen molar-refractivity contribution in [3.8, 4) is 5.75 Å². The third-order valence-electron chi connectivity index (χ3n) is 8.57. The van der Waals surface area contributed by atoms with Gasteiger partial charge in [-0.05, 0) is 60.9 Å². The van der Waals surface area contributed by atoms with E-state index in [4.69, 9.17) is 28.4 Å². The SMILES string of the molecule is CCCCOC[C@H]1O[C@@H](c2cc(Cc3cc4ccccc4s3)ccc2OCCO)[C@H](OCCCC)[C@@H](OCCCC)[C@@H]1OCCCC. The van der Waals surface area contributed by atoms with Crippen molar-refractivity contribution in [2.45, 2.75) is 116 Å². The minimum absolute atomic E-state index is 0.0745. The van der Waals surface area contributed by atoms with E-state index in [9.17, 15) is 5.11 Å². The van der Waals surface area contributed by atoms with Gasteiger partial charge in [0.05, 0.1) is 13.2 Å². The number of aliphatic hydroxyl groups is 1. The number of hydrogen-bond donors (Lipinski definition) is 1. The lowest BCUT2D eigenvalue weighted by Gasteiger charge is -2.46. The first-order valence-corrected chi connectivity index (χ1v) is 18.9. The molecule has 1 fully saturated rings. The Hall–Kier alpha value is -2.04. The molecule has 0 aliphatic carbocycles. The summed E-state index contributed by atoms with van der Waals surface area (Å²) in [7, 11) is 0. The van der Waals surface area contributed by atoms with E-state index in [-0.39, 0.29) is 31.5 Å². The normalized spacial score (nSPS) is 21.4. The molecule has 2 heterocycles. The number of unbranched alkanes of at least 4 members (excludes halogenated alkanes) is 4. The highest BCUT2D eigenvalue weighted by Gasteiger charge is 2.49. The third kappa shape index (κ3) is 11.2. The van der Waals surface area contributed by atoms with Gasteiger partial charge in [0, 0.05) is 48.0 Å². The monoisotopic (exact) mass is 670 g/mol. The van der Waals surface area contributed by atoms with Crippen LogP contribution in [0.1, 0.15) is 101 Å². The van der Waals surface area contributed by atoms with E-state index in [2.05, 4.69) is 70.2 Å². The van der Waals surface area contributed by atoms with Crippen LogP contribution in [0.3, 0.4) is 0 Å². The number of rotatable bonds is 23. The van der Waals surface area contributed by atoms with Gasteiger partial charge in [0.1, 0.15) is 42.9 Å². The van der Waals surface area contributed by atoms with Gasteiger partial charge < -0.3 is 33.5 Å². The van der Waals surface area contributed by atoms with Crippen molar-refractivity contribution in [3.63, 3.8) is 0 Å². The van der Waals surface area contributed by atoms with Gasteiger partial charge in [0.25, 0.3) is 0 Å². The van der Waals surface area contributed by atoms with Gasteiger partial charge in [-0.25, -0.2) is 0 Å². The van der Waals surface area contributed by atoms with Crippen molar-refractivity contribution in [1.29, 1.82) is 0 Å². The summed E-state index contributed by atoms with van der Waals surface area (Å²) in [6.45, 7) is 11.8. The Bertz CT molecular complexity index is 1250. The Morgan fingerprint density at radius 3 is 2.06 bits per heavy atom. The summed E-state index contributed by atoms with van der Waals surface area (Å²) < 4.78 is 40.8. The predicted octanol–water partition coefficient (Wildman–Crippen LogP) is 8.68. The van der Waals surface area contributed by atoms with Crippen LogP contribution >= 0.6 is 11.3 Å². The Morgan fingerprint density at radius 1 is 0.723 bits per heavy atom. The minimum Gasteiger partial charge on any atom is -0.491 e. The van der Waals surface area contributed by atoms with E-state index < -0.39 is 12.2 Å². The summed E-state index contributed by atoms with van der Waals surface area (Å²) in [5, 5.41) is 11.0. The molecule has 4 rings (SSSR count). The number of ether oxygens (including phenoxy) is 6. The number of aliphatic hydroxyl groups excluding tert-OH is 1. The van der Waals surface area contributed by atoms with Gasteiger partial charge in [-0.15, -0.1) is 11.3 Å². The lowest BCUT2D eigenvalue weighted by atomic mass is 9.89. The Balaban J connectivity index is 1.74. The van der Waals surface area contributed by atoms with Crippen LogP contribution in [0.25, 0.3) is 10.1 Å². The number of benzene rings is 2.